The number of fused-ring (bicyclic) bond motifs is 4. The zero-order valence-corrected chi connectivity index (χ0v) is 22.7. The van der Waals surface area contributed by atoms with Crippen LogP contribution in [0.4, 0.5) is 0 Å². The average molecular weight is 567 g/mol. The van der Waals surface area contributed by atoms with Crippen molar-refractivity contribution in [2.45, 2.75) is 50.2 Å². The highest BCUT2D eigenvalue weighted by atomic mass is 16.7. The topological polar surface area (TPSA) is 147 Å². The summed E-state index contributed by atoms with van der Waals surface area (Å²) in [6.07, 6.45) is 1.69. The maximum absolute atomic E-state index is 13.6. The van der Waals surface area contributed by atoms with Crippen LogP contribution in [0.5, 0.6) is 23.0 Å². The molecule has 2 aliphatic heterocycles. The van der Waals surface area contributed by atoms with Gasteiger partial charge in [-0.15, -0.1) is 6.58 Å². The standard InChI is InChI=1S/C30H34N2O9/c1-3-4-5-25(35)32(14-17-6-7-22-23(11-17)40-16-39-22)21-13-20(30(37)31-8-9-33)26-19-10-18(15-34)12-24(38-2)28(19)41-29(26)27(21)36/h3,6-7,10-13,21,26-27,29,33-34,36H,1,4-5,8-9,14-16H2,2H3,(H,31,37). The van der Waals surface area contributed by atoms with E-state index in [0.29, 0.717) is 40.5 Å². The van der Waals surface area contributed by atoms with E-state index in [1.807, 2.05) is 6.07 Å². The number of ether oxygens (including phenoxy) is 4. The normalized spacial score (nSPS) is 21.7. The van der Waals surface area contributed by atoms with Crippen LogP contribution in [0.25, 0.3) is 0 Å². The summed E-state index contributed by atoms with van der Waals surface area (Å²) >= 11 is 0. The van der Waals surface area contributed by atoms with Crippen molar-refractivity contribution in [3.63, 3.8) is 0 Å². The summed E-state index contributed by atoms with van der Waals surface area (Å²) in [5, 5.41) is 33.6. The first-order valence-corrected chi connectivity index (χ1v) is 13.5. The molecule has 2 heterocycles. The van der Waals surface area contributed by atoms with Gasteiger partial charge in [-0.25, -0.2) is 0 Å². The molecular weight excluding hydrogens is 532 g/mol. The molecule has 2 aromatic rings. The molecule has 2 amide bonds. The molecule has 0 saturated heterocycles. The van der Waals surface area contributed by atoms with Crippen LogP contribution in [0.2, 0.25) is 0 Å². The predicted octanol–water partition coefficient (Wildman–Crippen LogP) is 1.53. The van der Waals surface area contributed by atoms with Gasteiger partial charge >= 0.3 is 0 Å². The maximum Gasteiger partial charge on any atom is 0.247 e. The minimum Gasteiger partial charge on any atom is -0.493 e. The number of carbonyl (C=O) groups is 2. The Kier molecular flexibility index (Phi) is 8.48. The fourth-order valence-electron chi connectivity index (χ4n) is 5.58. The second kappa shape index (κ2) is 12.2. The highest BCUT2D eigenvalue weighted by Crippen LogP contribution is 2.51. The Morgan fingerprint density at radius 3 is 2.71 bits per heavy atom. The molecule has 41 heavy (non-hydrogen) atoms. The van der Waals surface area contributed by atoms with Crippen LogP contribution in [0.15, 0.2) is 54.6 Å². The van der Waals surface area contributed by atoms with Crippen molar-refractivity contribution in [1.82, 2.24) is 10.2 Å². The molecule has 0 bridgehead atoms. The molecule has 11 heteroatoms. The van der Waals surface area contributed by atoms with Crippen LogP contribution >= 0.6 is 0 Å². The highest BCUT2D eigenvalue weighted by Gasteiger charge is 2.51. The molecule has 0 aromatic heterocycles. The van der Waals surface area contributed by atoms with E-state index in [0.717, 1.165) is 5.56 Å². The molecule has 3 aliphatic rings. The number of nitrogens with one attached hydrogen (secondary N) is 1. The first-order valence-electron chi connectivity index (χ1n) is 13.5. The van der Waals surface area contributed by atoms with Gasteiger partial charge in [0.2, 0.25) is 18.6 Å². The van der Waals surface area contributed by atoms with Crippen LogP contribution in [0.3, 0.4) is 0 Å². The molecule has 4 unspecified atom stereocenters. The molecule has 5 rings (SSSR count). The molecule has 0 fully saturated rings. The Bertz CT molecular complexity index is 1360. The van der Waals surface area contributed by atoms with Crippen LogP contribution in [0.1, 0.15) is 35.4 Å². The second-order valence-corrected chi connectivity index (χ2v) is 10.1. The van der Waals surface area contributed by atoms with E-state index in [1.54, 1.807) is 36.4 Å². The van der Waals surface area contributed by atoms with Gasteiger partial charge in [0.15, 0.2) is 23.0 Å². The van der Waals surface area contributed by atoms with Gasteiger partial charge in [0.05, 0.1) is 32.3 Å². The van der Waals surface area contributed by atoms with Gasteiger partial charge in [0.1, 0.15) is 12.2 Å². The van der Waals surface area contributed by atoms with Crippen molar-refractivity contribution in [1.29, 1.82) is 0 Å². The lowest BCUT2D eigenvalue weighted by molar-refractivity contribution is -0.138. The van der Waals surface area contributed by atoms with Crippen LogP contribution in [0, 0.1) is 0 Å². The molecule has 2 aromatic carbocycles. The quantitative estimate of drug-likeness (QED) is 0.297. The smallest absolute Gasteiger partial charge is 0.247 e. The lowest BCUT2D eigenvalue weighted by Crippen LogP contribution is -2.55. The first kappa shape index (κ1) is 28.5. The fourth-order valence-corrected chi connectivity index (χ4v) is 5.58. The number of hydrogen-bond acceptors (Lipinski definition) is 9. The minimum absolute atomic E-state index is 0.0215. The molecule has 218 valence electrons. The highest BCUT2D eigenvalue weighted by molar-refractivity contribution is 5.96. The van der Waals surface area contributed by atoms with Crippen LogP contribution in [-0.2, 0) is 22.7 Å². The molecule has 0 spiro atoms. The fraction of sp³-hybridized carbons (Fsp3) is 0.400. The molecule has 0 saturated carbocycles. The van der Waals surface area contributed by atoms with Gasteiger partial charge in [0, 0.05) is 30.6 Å². The Morgan fingerprint density at radius 1 is 1.17 bits per heavy atom. The monoisotopic (exact) mass is 566 g/mol. The van der Waals surface area contributed by atoms with Gasteiger partial charge < -0.3 is 44.5 Å². The average Bonchev–Trinajstić information content (AvgIpc) is 3.62. The minimum atomic E-state index is -1.22. The van der Waals surface area contributed by atoms with E-state index < -0.39 is 30.1 Å². The SMILES string of the molecule is C=CCCC(=O)N(Cc1ccc2c(c1)OCO2)C1C=C(C(=O)NCCO)C2c3cc(CO)cc(OC)c3OC2C1O. The largest absolute Gasteiger partial charge is 0.493 e. The molecule has 1 aliphatic carbocycles. The lowest BCUT2D eigenvalue weighted by atomic mass is 9.77. The van der Waals surface area contributed by atoms with Crippen molar-refractivity contribution in [2.24, 2.45) is 0 Å². The van der Waals surface area contributed by atoms with Crippen molar-refractivity contribution >= 4 is 11.8 Å². The number of carbonyl (C=O) groups excluding carboxylic acids is 2. The Hall–Kier alpha value is -4.06. The number of methoxy groups -OCH3 is 1. The van der Waals surface area contributed by atoms with Crippen LogP contribution in [-0.4, -0.2) is 77.3 Å². The summed E-state index contributed by atoms with van der Waals surface area (Å²) in [7, 11) is 1.47. The summed E-state index contributed by atoms with van der Waals surface area (Å²) in [5.74, 6) is 0.483. The van der Waals surface area contributed by atoms with E-state index in [9.17, 15) is 24.9 Å². The second-order valence-electron chi connectivity index (χ2n) is 10.1. The summed E-state index contributed by atoms with van der Waals surface area (Å²) < 4.78 is 22.7. The molecule has 4 atom stereocenters. The Labute approximate surface area is 237 Å². The van der Waals surface area contributed by atoms with E-state index in [4.69, 9.17) is 18.9 Å². The Morgan fingerprint density at radius 2 is 1.98 bits per heavy atom. The van der Waals surface area contributed by atoms with E-state index in [-0.39, 0.29) is 51.0 Å². The van der Waals surface area contributed by atoms with Gasteiger partial charge in [-0.1, -0.05) is 12.1 Å². The van der Waals surface area contributed by atoms with Gasteiger partial charge in [-0.3, -0.25) is 9.59 Å². The third kappa shape index (κ3) is 5.48. The zero-order valence-electron chi connectivity index (χ0n) is 22.7. The number of amides is 2. The number of benzene rings is 2. The molecule has 11 nitrogen and oxygen atoms in total. The van der Waals surface area contributed by atoms with Gasteiger partial charge in [-0.2, -0.15) is 0 Å². The number of hydrogen-bond donors (Lipinski definition) is 4. The number of nitrogens with zero attached hydrogens (tertiary/aromatic N) is 1. The lowest BCUT2D eigenvalue weighted by Gasteiger charge is -2.40. The van der Waals surface area contributed by atoms with Gasteiger partial charge in [0.25, 0.3) is 0 Å². The summed E-state index contributed by atoms with van der Waals surface area (Å²) in [4.78, 5) is 28.6. The summed E-state index contributed by atoms with van der Waals surface area (Å²) in [6, 6.07) is 7.81. The summed E-state index contributed by atoms with van der Waals surface area (Å²) in [6.45, 7) is 3.45. The zero-order chi connectivity index (χ0) is 29.1. The number of allylic oxidation sites excluding steroid dienone is 1. The first-order chi connectivity index (χ1) is 19.9. The van der Waals surface area contributed by atoms with E-state index in [1.165, 1.54) is 12.0 Å². The number of aliphatic hydroxyl groups excluding tert-OH is 3. The molecule has 0 radical (unpaired) electrons. The van der Waals surface area contributed by atoms with E-state index in [2.05, 4.69) is 11.9 Å². The van der Waals surface area contributed by atoms with Crippen molar-refractivity contribution in [2.75, 3.05) is 27.1 Å². The van der Waals surface area contributed by atoms with Crippen LogP contribution < -0.4 is 24.3 Å². The summed E-state index contributed by atoms with van der Waals surface area (Å²) in [5.41, 5.74) is 2.17. The van der Waals surface area contributed by atoms with Gasteiger partial charge in [-0.05, 0) is 47.9 Å². The number of aliphatic hydroxyl groups is 3. The molecular formula is C30H34N2O9. The third-order valence-electron chi connectivity index (χ3n) is 7.53. The molecule has 4 N–H and O–H groups in total. The Balaban J connectivity index is 1.57. The van der Waals surface area contributed by atoms with Crippen molar-refractivity contribution in [3.8, 4) is 23.0 Å². The predicted molar refractivity (Wildman–Crippen MR) is 147 cm³/mol. The third-order valence-corrected chi connectivity index (χ3v) is 7.53. The maximum atomic E-state index is 13.6. The van der Waals surface area contributed by atoms with Crippen molar-refractivity contribution < 1.29 is 43.9 Å². The van der Waals surface area contributed by atoms with Crippen molar-refractivity contribution in [3.05, 3.63) is 71.3 Å². The number of rotatable bonds is 11. The van der Waals surface area contributed by atoms with E-state index >= 15 is 0 Å².